The van der Waals surface area contributed by atoms with E-state index in [1.54, 1.807) is 4.90 Å². The zero-order chi connectivity index (χ0) is 17.2. The summed E-state index contributed by atoms with van der Waals surface area (Å²) >= 11 is 0. The molecule has 23 heavy (non-hydrogen) atoms. The number of carbonyl (C=O) groups is 1. The van der Waals surface area contributed by atoms with Gasteiger partial charge in [-0.15, -0.1) is 0 Å². The second-order valence-corrected chi connectivity index (χ2v) is 6.67. The molecule has 2 aliphatic rings. The van der Waals surface area contributed by atoms with Gasteiger partial charge in [-0.05, 0) is 33.7 Å². The minimum absolute atomic E-state index is 0.180. The fourth-order valence-corrected chi connectivity index (χ4v) is 2.85. The van der Waals surface area contributed by atoms with E-state index in [-0.39, 0.29) is 25.2 Å². The first-order valence-corrected chi connectivity index (χ1v) is 8.25. The van der Waals surface area contributed by atoms with Crippen LogP contribution >= 0.6 is 0 Å². The molecule has 1 aliphatic carbocycles. The Morgan fingerprint density at radius 2 is 1.78 bits per heavy atom. The quantitative estimate of drug-likeness (QED) is 0.831. The molecule has 5 nitrogen and oxygen atoms in total. The van der Waals surface area contributed by atoms with Crippen molar-refractivity contribution in [2.75, 3.05) is 39.8 Å². The molecule has 0 aromatic carbocycles. The Morgan fingerprint density at radius 1 is 1.22 bits per heavy atom. The number of rotatable bonds is 5. The van der Waals surface area contributed by atoms with Crippen LogP contribution in [0.4, 0.5) is 18.0 Å². The summed E-state index contributed by atoms with van der Waals surface area (Å²) in [6.07, 6.45) is -1.78. The number of hydrogen-bond acceptors (Lipinski definition) is 3. The lowest BCUT2D eigenvalue weighted by Crippen LogP contribution is -2.57. The van der Waals surface area contributed by atoms with Crippen molar-refractivity contribution in [1.82, 2.24) is 20.0 Å². The number of piperazine rings is 1. The second kappa shape index (κ2) is 7.25. The average molecular weight is 336 g/mol. The van der Waals surface area contributed by atoms with E-state index >= 15 is 0 Å². The number of nitrogens with zero attached hydrogens (tertiary/aromatic N) is 3. The Balaban J connectivity index is 1.71. The molecule has 2 amide bonds. The summed E-state index contributed by atoms with van der Waals surface area (Å²) in [5.41, 5.74) is 0. The van der Waals surface area contributed by atoms with Gasteiger partial charge in [0, 0.05) is 44.8 Å². The van der Waals surface area contributed by atoms with Gasteiger partial charge < -0.3 is 10.2 Å². The molecule has 1 saturated carbocycles. The predicted molar refractivity (Wildman–Crippen MR) is 82.3 cm³/mol. The Bertz CT molecular complexity index is 406. The summed E-state index contributed by atoms with van der Waals surface area (Å²) < 4.78 is 38.1. The van der Waals surface area contributed by atoms with Crippen LogP contribution in [-0.4, -0.2) is 84.8 Å². The summed E-state index contributed by atoms with van der Waals surface area (Å²) in [7, 11) is 2.06. The van der Waals surface area contributed by atoms with Gasteiger partial charge in [0.2, 0.25) is 0 Å². The van der Waals surface area contributed by atoms with Crippen LogP contribution in [0.3, 0.4) is 0 Å². The molecule has 2 fully saturated rings. The van der Waals surface area contributed by atoms with E-state index in [1.807, 2.05) is 0 Å². The summed E-state index contributed by atoms with van der Waals surface area (Å²) in [5.74, 6) is 0. The fourth-order valence-electron chi connectivity index (χ4n) is 2.85. The van der Waals surface area contributed by atoms with Crippen LogP contribution in [0.2, 0.25) is 0 Å². The summed E-state index contributed by atoms with van der Waals surface area (Å²) in [5, 5.41) is 2.89. The van der Waals surface area contributed by atoms with E-state index in [0.29, 0.717) is 25.7 Å². The number of amides is 2. The van der Waals surface area contributed by atoms with Crippen molar-refractivity contribution in [3.63, 3.8) is 0 Å². The molecule has 1 heterocycles. The smallest absolute Gasteiger partial charge is 0.336 e. The van der Waals surface area contributed by atoms with Gasteiger partial charge in [-0.2, -0.15) is 13.2 Å². The van der Waals surface area contributed by atoms with Crippen molar-refractivity contribution < 1.29 is 18.0 Å². The SMILES string of the molecule is C[C@H](CNC(=O)N1CCN([C@H](C)C(F)(F)F)CC1)N(C)C1CC1. The highest BCUT2D eigenvalue weighted by Gasteiger charge is 2.41. The number of halogens is 3. The van der Waals surface area contributed by atoms with Gasteiger partial charge in [0.15, 0.2) is 0 Å². The van der Waals surface area contributed by atoms with Crippen LogP contribution in [0.1, 0.15) is 26.7 Å². The maximum Gasteiger partial charge on any atom is 0.403 e. The molecular weight excluding hydrogens is 309 g/mol. The van der Waals surface area contributed by atoms with E-state index in [2.05, 4.69) is 24.2 Å². The molecule has 0 aromatic heterocycles. The van der Waals surface area contributed by atoms with Gasteiger partial charge in [-0.25, -0.2) is 4.79 Å². The molecule has 2 rings (SSSR count). The molecule has 1 saturated heterocycles. The zero-order valence-corrected chi connectivity index (χ0v) is 14.1. The molecule has 8 heteroatoms. The summed E-state index contributed by atoms with van der Waals surface area (Å²) in [4.78, 5) is 17.4. The number of hydrogen-bond donors (Lipinski definition) is 1. The molecule has 134 valence electrons. The van der Waals surface area contributed by atoms with Crippen LogP contribution in [0.25, 0.3) is 0 Å². The maximum atomic E-state index is 12.7. The number of urea groups is 1. The first-order valence-electron chi connectivity index (χ1n) is 8.25. The number of alkyl halides is 3. The zero-order valence-electron chi connectivity index (χ0n) is 14.1. The fraction of sp³-hybridized carbons (Fsp3) is 0.933. The first-order chi connectivity index (χ1) is 10.7. The molecule has 0 aromatic rings. The van der Waals surface area contributed by atoms with Crippen molar-refractivity contribution in [3.8, 4) is 0 Å². The van der Waals surface area contributed by atoms with Crippen LogP contribution in [0, 0.1) is 0 Å². The second-order valence-electron chi connectivity index (χ2n) is 6.67. The number of carbonyl (C=O) groups excluding carboxylic acids is 1. The first kappa shape index (κ1) is 18.3. The molecule has 0 unspecified atom stereocenters. The van der Waals surface area contributed by atoms with E-state index in [0.717, 1.165) is 0 Å². The van der Waals surface area contributed by atoms with E-state index in [4.69, 9.17) is 0 Å². The lowest BCUT2D eigenvalue weighted by atomic mass is 10.2. The normalized spacial score (nSPS) is 23.0. The van der Waals surface area contributed by atoms with Crippen LogP contribution in [-0.2, 0) is 0 Å². The largest absolute Gasteiger partial charge is 0.403 e. The van der Waals surface area contributed by atoms with Crippen molar-refractivity contribution in [1.29, 1.82) is 0 Å². The minimum Gasteiger partial charge on any atom is -0.336 e. The third-order valence-electron chi connectivity index (χ3n) is 4.99. The summed E-state index contributed by atoms with van der Waals surface area (Å²) in [6, 6.07) is -0.743. The van der Waals surface area contributed by atoms with Gasteiger partial charge in [-0.3, -0.25) is 9.80 Å². The van der Waals surface area contributed by atoms with Crippen molar-refractivity contribution >= 4 is 6.03 Å². The molecular formula is C15H27F3N4O. The van der Waals surface area contributed by atoms with Crippen molar-refractivity contribution in [2.24, 2.45) is 0 Å². The lowest BCUT2D eigenvalue weighted by molar-refractivity contribution is -0.181. The molecule has 1 aliphatic heterocycles. The van der Waals surface area contributed by atoms with Crippen LogP contribution < -0.4 is 5.32 Å². The molecule has 0 radical (unpaired) electrons. The molecule has 2 atom stereocenters. The summed E-state index contributed by atoms with van der Waals surface area (Å²) in [6.45, 7) is 4.98. The van der Waals surface area contributed by atoms with Gasteiger partial charge in [0.1, 0.15) is 6.04 Å². The van der Waals surface area contributed by atoms with E-state index in [1.165, 1.54) is 24.7 Å². The standard InChI is InChI=1S/C15H27F3N4O/c1-11(20(3)13-4-5-13)10-19-14(23)22-8-6-21(7-9-22)12(2)15(16,17)18/h11-13H,4-10H2,1-3H3,(H,19,23)/t11-,12-/m1/s1. The number of nitrogens with one attached hydrogen (secondary N) is 1. The number of likely N-dealkylation sites (N-methyl/N-ethyl adjacent to an activating group) is 1. The van der Waals surface area contributed by atoms with Gasteiger partial charge in [0.25, 0.3) is 0 Å². The Morgan fingerprint density at radius 3 is 2.26 bits per heavy atom. The highest BCUT2D eigenvalue weighted by atomic mass is 19.4. The van der Waals surface area contributed by atoms with Crippen molar-refractivity contribution in [3.05, 3.63) is 0 Å². The van der Waals surface area contributed by atoms with E-state index < -0.39 is 12.2 Å². The molecule has 0 bridgehead atoms. The third-order valence-corrected chi connectivity index (χ3v) is 4.99. The monoisotopic (exact) mass is 336 g/mol. The Kier molecular flexibility index (Phi) is 5.78. The van der Waals surface area contributed by atoms with Gasteiger partial charge >= 0.3 is 12.2 Å². The molecule has 1 N–H and O–H groups in total. The third kappa shape index (κ3) is 4.97. The average Bonchev–Trinajstić information content (AvgIpc) is 3.34. The highest BCUT2D eigenvalue weighted by molar-refractivity contribution is 5.74. The van der Waals surface area contributed by atoms with Crippen LogP contribution in [0.15, 0.2) is 0 Å². The highest BCUT2D eigenvalue weighted by Crippen LogP contribution is 2.27. The minimum atomic E-state index is -4.22. The van der Waals surface area contributed by atoms with Crippen molar-refractivity contribution in [2.45, 2.75) is 51.0 Å². The predicted octanol–water partition coefficient (Wildman–Crippen LogP) is 1.75. The maximum absolute atomic E-state index is 12.7. The molecule has 0 spiro atoms. The lowest BCUT2D eigenvalue weighted by Gasteiger charge is -2.38. The Labute approximate surface area is 135 Å². The van der Waals surface area contributed by atoms with E-state index in [9.17, 15) is 18.0 Å². The van der Waals surface area contributed by atoms with Crippen LogP contribution in [0.5, 0.6) is 0 Å². The van der Waals surface area contributed by atoms with Gasteiger partial charge in [-0.1, -0.05) is 0 Å². The topological polar surface area (TPSA) is 38.8 Å². The van der Waals surface area contributed by atoms with Gasteiger partial charge in [0.05, 0.1) is 0 Å². The Hall–Kier alpha value is -1.02.